The minimum absolute atomic E-state index is 0.247. The number of halogens is 1. The predicted molar refractivity (Wildman–Crippen MR) is 74.9 cm³/mol. The van der Waals surface area contributed by atoms with Gasteiger partial charge in [0.05, 0.1) is 12.4 Å². The molecule has 0 aliphatic carbocycles. The maximum absolute atomic E-state index is 11.6. The second-order valence-electron chi connectivity index (χ2n) is 4.03. The molecule has 0 amide bonds. The molecule has 1 saturated heterocycles. The number of aliphatic hydroxyl groups excluding tert-OH is 1. The Bertz CT molecular complexity index is 569. The summed E-state index contributed by atoms with van der Waals surface area (Å²) in [6.45, 7) is 3.44. The third kappa shape index (κ3) is 3.07. The summed E-state index contributed by atoms with van der Waals surface area (Å²) in [5.74, 6) is 0. The van der Waals surface area contributed by atoms with Gasteiger partial charge in [0.15, 0.2) is 4.11 Å². The average molecular weight is 380 g/mol. The van der Waals surface area contributed by atoms with Gasteiger partial charge in [-0.3, -0.25) is 14.3 Å². The Balaban J connectivity index is 2.18. The fraction of sp³-hybridized carbons (Fsp3) is 0.455. The summed E-state index contributed by atoms with van der Waals surface area (Å²) in [6.07, 6.45) is 0.906. The van der Waals surface area contributed by atoms with Crippen LogP contribution in [0.1, 0.15) is 12.6 Å². The first-order chi connectivity index (χ1) is 9.02. The van der Waals surface area contributed by atoms with Crippen LogP contribution in [0.5, 0.6) is 0 Å². The summed E-state index contributed by atoms with van der Waals surface area (Å²) >= 11 is 1.98. The Morgan fingerprint density at radius 3 is 3.05 bits per heavy atom. The van der Waals surface area contributed by atoms with E-state index in [1.807, 2.05) is 22.6 Å². The average Bonchev–Trinajstić information content (AvgIpc) is 2.71. The van der Waals surface area contributed by atoms with Gasteiger partial charge in [-0.2, -0.15) is 0 Å². The van der Waals surface area contributed by atoms with Crippen LogP contribution in [0.2, 0.25) is 0 Å². The lowest BCUT2D eigenvalue weighted by Crippen LogP contribution is -2.33. The Hall–Kier alpha value is -1.13. The maximum Gasteiger partial charge on any atom is 0.330 e. The van der Waals surface area contributed by atoms with Crippen molar-refractivity contribution in [1.29, 1.82) is 0 Å². The van der Waals surface area contributed by atoms with Crippen LogP contribution in [-0.2, 0) is 9.47 Å². The van der Waals surface area contributed by atoms with E-state index in [0.29, 0.717) is 0 Å². The Morgan fingerprint density at radius 1 is 1.68 bits per heavy atom. The monoisotopic (exact) mass is 380 g/mol. The fourth-order valence-electron chi connectivity index (χ4n) is 1.91. The van der Waals surface area contributed by atoms with Crippen LogP contribution in [0.15, 0.2) is 34.7 Å². The molecule has 2 heterocycles. The lowest BCUT2D eigenvalue weighted by Gasteiger charge is -2.20. The van der Waals surface area contributed by atoms with Crippen molar-refractivity contribution >= 4 is 22.6 Å². The molecule has 4 atom stereocenters. The lowest BCUT2D eigenvalue weighted by atomic mass is 10.2. The highest BCUT2D eigenvalue weighted by Crippen LogP contribution is 2.32. The third-order valence-corrected chi connectivity index (χ3v) is 3.78. The number of aromatic nitrogens is 2. The zero-order valence-electron chi connectivity index (χ0n) is 9.86. The van der Waals surface area contributed by atoms with E-state index in [9.17, 15) is 14.7 Å². The molecule has 1 aliphatic heterocycles. The Morgan fingerprint density at radius 2 is 2.42 bits per heavy atom. The topological polar surface area (TPSA) is 93.5 Å². The van der Waals surface area contributed by atoms with E-state index < -0.39 is 33.8 Å². The summed E-state index contributed by atoms with van der Waals surface area (Å²) in [7, 11) is 0. The van der Waals surface area contributed by atoms with Gasteiger partial charge in [-0.1, -0.05) is 6.58 Å². The van der Waals surface area contributed by atoms with Crippen molar-refractivity contribution in [1.82, 2.24) is 9.55 Å². The van der Waals surface area contributed by atoms with Crippen LogP contribution >= 0.6 is 22.6 Å². The number of nitrogens with zero attached hydrogens (tertiary/aromatic N) is 1. The number of rotatable bonds is 4. The lowest BCUT2D eigenvalue weighted by molar-refractivity contribution is -0.0544. The summed E-state index contributed by atoms with van der Waals surface area (Å²) in [5.41, 5.74) is -1.04. The van der Waals surface area contributed by atoms with Crippen LogP contribution in [0, 0.1) is 0 Å². The first-order valence-electron chi connectivity index (χ1n) is 5.58. The van der Waals surface area contributed by atoms with Gasteiger partial charge in [-0.25, -0.2) is 4.79 Å². The summed E-state index contributed by atoms with van der Waals surface area (Å²) < 4.78 is 11.6. The van der Waals surface area contributed by atoms with E-state index in [0.717, 1.165) is 0 Å². The van der Waals surface area contributed by atoms with Crippen LogP contribution in [-0.4, -0.2) is 31.0 Å². The largest absolute Gasteiger partial charge is 0.486 e. The smallest absolute Gasteiger partial charge is 0.330 e. The maximum atomic E-state index is 11.6. The standard InChI is InChI=1S/C11H13IN2O5/c1-2-18-10(12)9-6(15)5-8(19-9)14-4-3-7(16)13-11(14)17/h2-4,6,8-10,15H,1,5H2,(H,13,16,17)/t6-,8+,9-,10?/m0/s1. The quantitative estimate of drug-likeness (QED) is 0.439. The normalized spacial score (nSPS) is 28.0. The van der Waals surface area contributed by atoms with Crippen molar-refractivity contribution in [3.8, 4) is 0 Å². The van der Waals surface area contributed by atoms with Gasteiger partial charge in [0.1, 0.15) is 12.3 Å². The van der Waals surface area contributed by atoms with Crippen molar-refractivity contribution in [2.75, 3.05) is 0 Å². The van der Waals surface area contributed by atoms with Gasteiger partial charge < -0.3 is 14.6 Å². The molecule has 8 heteroatoms. The molecule has 19 heavy (non-hydrogen) atoms. The minimum Gasteiger partial charge on any atom is -0.486 e. The first-order valence-corrected chi connectivity index (χ1v) is 6.83. The molecule has 1 aliphatic rings. The van der Waals surface area contributed by atoms with Crippen molar-refractivity contribution in [3.63, 3.8) is 0 Å². The second-order valence-corrected chi connectivity index (χ2v) is 5.26. The minimum atomic E-state index is -0.759. The molecule has 1 aromatic heterocycles. The molecule has 1 fully saturated rings. The Labute approximate surface area is 122 Å². The van der Waals surface area contributed by atoms with E-state index in [1.54, 1.807) is 0 Å². The van der Waals surface area contributed by atoms with Gasteiger partial charge in [-0.15, -0.1) is 0 Å². The highest BCUT2D eigenvalue weighted by molar-refractivity contribution is 14.1. The zero-order valence-corrected chi connectivity index (χ0v) is 12.0. The molecular formula is C11H13IN2O5. The predicted octanol–water partition coefficient (Wildman–Crippen LogP) is 0.106. The van der Waals surface area contributed by atoms with Gasteiger partial charge in [0, 0.05) is 18.7 Å². The summed E-state index contributed by atoms with van der Waals surface area (Å²) in [6, 6.07) is 1.23. The highest BCUT2D eigenvalue weighted by atomic mass is 127. The van der Waals surface area contributed by atoms with Crippen LogP contribution in [0.25, 0.3) is 0 Å². The van der Waals surface area contributed by atoms with E-state index in [-0.39, 0.29) is 6.42 Å². The van der Waals surface area contributed by atoms with Crippen molar-refractivity contribution in [3.05, 3.63) is 45.9 Å². The number of ether oxygens (including phenoxy) is 2. The first kappa shape index (κ1) is 14.3. The Kier molecular flexibility index (Phi) is 4.42. The van der Waals surface area contributed by atoms with E-state index in [2.05, 4.69) is 11.6 Å². The number of alkyl halides is 1. The molecule has 0 aromatic carbocycles. The zero-order chi connectivity index (χ0) is 14.0. The second kappa shape index (κ2) is 5.88. The number of hydrogen-bond acceptors (Lipinski definition) is 5. The molecule has 7 nitrogen and oxygen atoms in total. The van der Waals surface area contributed by atoms with Crippen molar-refractivity contribution in [2.24, 2.45) is 0 Å². The highest BCUT2D eigenvalue weighted by Gasteiger charge is 2.40. The molecular weight excluding hydrogens is 367 g/mol. The summed E-state index contributed by atoms with van der Waals surface area (Å²) in [5, 5.41) is 9.93. The molecule has 1 aromatic rings. The van der Waals surface area contributed by atoms with E-state index >= 15 is 0 Å². The van der Waals surface area contributed by atoms with Crippen molar-refractivity contribution < 1.29 is 14.6 Å². The molecule has 0 saturated carbocycles. The molecule has 0 radical (unpaired) electrons. The number of nitrogens with one attached hydrogen (secondary N) is 1. The number of aliphatic hydroxyl groups is 1. The van der Waals surface area contributed by atoms with E-state index in [4.69, 9.17) is 9.47 Å². The molecule has 0 spiro atoms. The summed E-state index contributed by atoms with van der Waals surface area (Å²) in [4.78, 5) is 24.8. The fourth-order valence-corrected chi connectivity index (χ4v) is 2.76. The molecule has 2 rings (SSSR count). The van der Waals surface area contributed by atoms with Crippen LogP contribution < -0.4 is 11.2 Å². The SMILES string of the molecule is C=COC(I)[C@H]1O[C@@H](n2ccc(=O)[nH]c2=O)C[C@@H]1O. The van der Waals surface area contributed by atoms with Crippen LogP contribution in [0.3, 0.4) is 0 Å². The number of H-pyrrole nitrogens is 1. The van der Waals surface area contributed by atoms with Crippen LogP contribution in [0.4, 0.5) is 0 Å². The third-order valence-electron chi connectivity index (χ3n) is 2.78. The number of hydrogen-bond donors (Lipinski definition) is 2. The molecule has 2 N–H and O–H groups in total. The molecule has 0 bridgehead atoms. The van der Waals surface area contributed by atoms with Gasteiger partial charge in [0.2, 0.25) is 0 Å². The number of aromatic amines is 1. The van der Waals surface area contributed by atoms with Crippen molar-refractivity contribution in [2.45, 2.75) is 29.0 Å². The van der Waals surface area contributed by atoms with Gasteiger partial charge >= 0.3 is 5.69 Å². The van der Waals surface area contributed by atoms with E-state index in [1.165, 1.54) is 23.1 Å². The van der Waals surface area contributed by atoms with Gasteiger partial charge in [-0.05, 0) is 22.6 Å². The van der Waals surface area contributed by atoms with Gasteiger partial charge in [0.25, 0.3) is 5.56 Å². The molecule has 104 valence electrons. The molecule has 1 unspecified atom stereocenters.